The van der Waals surface area contributed by atoms with Crippen LogP contribution < -0.4 is 5.32 Å². The Morgan fingerprint density at radius 1 is 1.37 bits per heavy atom. The molecule has 0 aliphatic heterocycles. The van der Waals surface area contributed by atoms with Gasteiger partial charge in [0.25, 0.3) is 0 Å². The smallest absolute Gasteiger partial charge is 0.326 e. The summed E-state index contributed by atoms with van der Waals surface area (Å²) in [4.78, 5) is 35.0. The van der Waals surface area contributed by atoms with Gasteiger partial charge in [-0.2, -0.15) is 0 Å². The maximum Gasteiger partial charge on any atom is 0.326 e. The minimum Gasteiger partial charge on any atom is -0.480 e. The van der Waals surface area contributed by atoms with Gasteiger partial charge < -0.3 is 20.1 Å². The SMILES string of the molecule is CC[C@H](C)[C@H](NC(=O)N(C)CCC(=O)OC)C(=O)O. The van der Waals surface area contributed by atoms with Gasteiger partial charge in [-0.25, -0.2) is 9.59 Å². The minimum atomic E-state index is -1.07. The highest BCUT2D eigenvalue weighted by Gasteiger charge is 2.26. The molecule has 7 nitrogen and oxygen atoms in total. The van der Waals surface area contributed by atoms with Crippen LogP contribution in [0, 0.1) is 5.92 Å². The predicted molar refractivity (Wildman–Crippen MR) is 68.7 cm³/mol. The fourth-order valence-corrected chi connectivity index (χ4v) is 1.39. The van der Waals surface area contributed by atoms with Crippen LogP contribution in [0.1, 0.15) is 26.7 Å². The molecule has 110 valence electrons. The normalized spacial score (nSPS) is 13.3. The first-order valence-corrected chi connectivity index (χ1v) is 6.14. The van der Waals surface area contributed by atoms with Gasteiger partial charge in [-0.1, -0.05) is 20.3 Å². The predicted octanol–water partition coefficient (Wildman–Crippen LogP) is 0.690. The molecule has 0 aromatic heterocycles. The Kier molecular flexibility index (Phi) is 7.55. The number of carboxylic acids is 1. The lowest BCUT2D eigenvalue weighted by atomic mass is 9.99. The van der Waals surface area contributed by atoms with E-state index in [0.29, 0.717) is 6.42 Å². The molecular formula is C12H22N2O5. The van der Waals surface area contributed by atoms with E-state index in [1.165, 1.54) is 19.1 Å². The second-order valence-electron chi connectivity index (χ2n) is 4.40. The molecule has 0 saturated heterocycles. The lowest BCUT2D eigenvalue weighted by Crippen LogP contribution is -2.49. The first kappa shape index (κ1) is 17.2. The summed E-state index contributed by atoms with van der Waals surface area (Å²) in [5.41, 5.74) is 0. The van der Waals surface area contributed by atoms with Crippen LogP contribution in [-0.4, -0.2) is 54.7 Å². The van der Waals surface area contributed by atoms with Crippen molar-refractivity contribution < 1.29 is 24.2 Å². The molecule has 0 aliphatic rings. The standard InChI is InChI=1S/C12H22N2O5/c1-5-8(2)10(11(16)17)13-12(18)14(3)7-6-9(15)19-4/h8,10H,5-7H2,1-4H3,(H,13,18)(H,16,17)/t8-,10-/m0/s1. The van der Waals surface area contributed by atoms with Crippen LogP contribution in [0.3, 0.4) is 0 Å². The average molecular weight is 274 g/mol. The quantitative estimate of drug-likeness (QED) is 0.666. The third-order valence-electron chi connectivity index (χ3n) is 2.98. The molecule has 2 atom stereocenters. The molecule has 0 saturated carbocycles. The van der Waals surface area contributed by atoms with Crippen LogP contribution in [0.2, 0.25) is 0 Å². The number of methoxy groups -OCH3 is 1. The minimum absolute atomic E-state index is 0.0709. The second-order valence-corrected chi connectivity index (χ2v) is 4.40. The number of aliphatic carboxylic acids is 1. The topological polar surface area (TPSA) is 95.9 Å². The third-order valence-corrected chi connectivity index (χ3v) is 2.98. The number of urea groups is 1. The molecule has 0 bridgehead atoms. The third kappa shape index (κ3) is 6.08. The lowest BCUT2D eigenvalue weighted by molar-refractivity contribution is -0.141. The van der Waals surface area contributed by atoms with E-state index in [1.807, 2.05) is 6.92 Å². The van der Waals surface area contributed by atoms with Crippen LogP contribution in [0.4, 0.5) is 4.79 Å². The largest absolute Gasteiger partial charge is 0.480 e. The molecule has 0 heterocycles. The van der Waals surface area contributed by atoms with Crippen molar-refractivity contribution in [2.75, 3.05) is 20.7 Å². The summed E-state index contributed by atoms with van der Waals surface area (Å²) in [6.07, 6.45) is 0.713. The van der Waals surface area contributed by atoms with Gasteiger partial charge in [0.2, 0.25) is 0 Å². The van der Waals surface area contributed by atoms with E-state index in [4.69, 9.17) is 5.11 Å². The molecule has 0 spiro atoms. The van der Waals surface area contributed by atoms with Gasteiger partial charge in [0, 0.05) is 13.6 Å². The van der Waals surface area contributed by atoms with Crippen molar-refractivity contribution in [1.82, 2.24) is 10.2 Å². The Hall–Kier alpha value is -1.79. The van der Waals surface area contributed by atoms with Crippen molar-refractivity contribution >= 4 is 18.0 Å². The molecular weight excluding hydrogens is 252 g/mol. The number of esters is 1. The van der Waals surface area contributed by atoms with Gasteiger partial charge in [0.15, 0.2) is 0 Å². The van der Waals surface area contributed by atoms with Crippen LogP contribution in [0.25, 0.3) is 0 Å². The first-order valence-electron chi connectivity index (χ1n) is 6.14. The number of carbonyl (C=O) groups excluding carboxylic acids is 2. The molecule has 0 rings (SSSR count). The molecule has 0 unspecified atom stereocenters. The average Bonchev–Trinajstić information content (AvgIpc) is 2.39. The number of hydrogen-bond acceptors (Lipinski definition) is 4. The van der Waals surface area contributed by atoms with E-state index in [9.17, 15) is 14.4 Å². The summed E-state index contributed by atoms with van der Waals surface area (Å²) < 4.78 is 4.46. The van der Waals surface area contributed by atoms with Crippen molar-refractivity contribution in [1.29, 1.82) is 0 Å². The number of nitrogens with one attached hydrogen (secondary N) is 1. The van der Waals surface area contributed by atoms with Crippen LogP contribution in [-0.2, 0) is 14.3 Å². The Morgan fingerprint density at radius 3 is 2.37 bits per heavy atom. The molecule has 2 amide bonds. The van der Waals surface area contributed by atoms with Gasteiger partial charge in [0.05, 0.1) is 13.5 Å². The van der Waals surface area contributed by atoms with Gasteiger partial charge in [-0.05, 0) is 5.92 Å². The molecule has 0 aromatic rings. The molecule has 0 fully saturated rings. The molecule has 0 aromatic carbocycles. The van der Waals surface area contributed by atoms with E-state index >= 15 is 0 Å². The van der Waals surface area contributed by atoms with E-state index in [0.717, 1.165) is 0 Å². The van der Waals surface area contributed by atoms with Crippen LogP contribution >= 0.6 is 0 Å². The molecule has 19 heavy (non-hydrogen) atoms. The zero-order valence-corrected chi connectivity index (χ0v) is 11.8. The first-order chi connectivity index (χ1) is 8.83. The summed E-state index contributed by atoms with van der Waals surface area (Å²) in [5.74, 6) is -1.66. The number of amides is 2. The molecule has 0 aliphatic carbocycles. The van der Waals surface area contributed by atoms with Crippen LogP contribution in [0.5, 0.6) is 0 Å². The number of rotatable bonds is 7. The van der Waals surface area contributed by atoms with Gasteiger partial charge in [-0.15, -0.1) is 0 Å². The molecule has 0 radical (unpaired) electrons. The monoisotopic (exact) mass is 274 g/mol. The fraction of sp³-hybridized carbons (Fsp3) is 0.750. The Balaban J connectivity index is 4.39. The van der Waals surface area contributed by atoms with E-state index in [-0.39, 0.29) is 18.9 Å². The highest BCUT2D eigenvalue weighted by molar-refractivity contribution is 5.83. The number of carboxylic acid groups (broad SMARTS) is 1. The van der Waals surface area contributed by atoms with Crippen molar-refractivity contribution in [3.8, 4) is 0 Å². The second kappa shape index (κ2) is 8.34. The summed E-state index contributed by atoms with van der Waals surface area (Å²) in [6, 6.07) is -1.45. The van der Waals surface area contributed by atoms with Crippen molar-refractivity contribution in [3.63, 3.8) is 0 Å². The van der Waals surface area contributed by atoms with Crippen LogP contribution in [0.15, 0.2) is 0 Å². The van der Waals surface area contributed by atoms with Gasteiger partial charge in [0.1, 0.15) is 6.04 Å². The molecule has 2 N–H and O–H groups in total. The highest BCUT2D eigenvalue weighted by Crippen LogP contribution is 2.08. The zero-order valence-electron chi connectivity index (χ0n) is 11.8. The van der Waals surface area contributed by atoms with E-state index in [2.05, 4.69) is 10.1 Å². The molecule has 7 heteroatoms. The Morgan fingerprint density at radius 2 is 1.95 bits per heavy atom. The maximum atomic E-state index is 11.8. The maximum absolute atomic E-state index is 11.8. The Bertz CT molecular complexity index is 332. The summed E-state index contributed by atoms with van der Waals surface area (Å²) in [5, 5.41) is 11.5. The summed E-state index contributed by atoms with van der Waals surface area (Å²) >= 11 is 0. The number of hydrogen-bond donors (Lipinski definition) is 2. The summed E-state index contributed by atoms with van der Waals surface area (Å²) in [7, 11) is 2.76. The number of nitrogens with zero attached hydrogens (tertiary/aromatic N) is 1. The van der Waals surface area contributed by atoms with E-state index < -0.39 is 24.0 Å². The number of ether oxygens (including phenoxy) is 1. The van der Waals surface area contributed by atoms with Crippen molar-refractivity contribution in [2.24, 2.45) is 5.92 Å². The zero-order chi connectivity index (χ0) is 15.0. The lowest BCUT2D eigenvalue weighted by Gasteiger charge is -2.24. The number of carbonyl (C=O) groups is 3. The Labute approximate surface area is 112 Å². The van der Waals surface area contributed by atoms with E-state index in [1.54, 1.807) is 6.92 Å². The van der Waals surface area contributed by atoms with Gasteiger partial charge >= 0.3 is 18.0 Å². The summed E-state index contributed by atoms with van der Waals surface area (Å²) in [6.45, 7) is 3.78. The van der Waals surface area contributed by atoms with Gasteiger partial charge in [-0.3, -0.25) is 4.79 Å². The van der Waals surface area contributed by atoms with Crippen molar-refractivity contribution in [3.05, 3.63) is 0 Å². The fourth-order valence-electron chi connectivity index (χ4n) is 1.39. The highest BCUT2D eigenvalue weighted by atomic mass is 16.5. The van der Waals surface area contributed by atoms with Crippen molar-refractivity contribution in [2.45, 2.75) is 32.7 Å².